The summed E-state index contributed by atoms with van der Waals surface area (Å²) >= 11 is 0. The van der Waals surface area contributed by atoms with E-state index in [1.807, 2.05) is 0 Å². The zero-order chi connectivity index (χ0) is 37.2. The highest BCUT2D eigenvalue weighted by Crippen LogP contribution is 2.65. The van der Waals surface area contributed by atoms with Crippen LogP contribution in [-0.4, -0.2) is 70.6 Å². The van der Waals surface area contributed by atoms with E-state index in [0.29, 0.717) is 0 Å². The van der Waals surface area contributed by atoms with Gasteiger partial charge in [0.25, 0.3) is 0 Å². The number of carboxylic acids is 1. The lowest BCUT2D eigenvalue weighted by atomic mass is 9.81. The molecule has 46 heavy (non-hydrogen) atoms. The van der Waals surface area contributed by atoms with E-state index in [1.165, 1.54) is 0 Å². The summed E-state index contributed by atoms with van der Waals surface area (Å²) in [5.74, 6) is -74.0. The summed E-state index contributed by atoms with van der Waals surface area (Å²) in [5.41, 5.74) is 0. The van der Waals surface area contributed by atoms with E-state index < -0.39 is 116 Å². The zero-order valence-corrected chi connectivity index (χ0v) is 22.9. The third kappa shape index (κ3) is 7.82. The lowest BCUT2D eigenvalue weighted by molar-refractivity contribution is -0.455. The summed E-state index contributed by atoms with van der Waals surface area (Å²) < 4.78 is 285. The molecule has 0 fully saturated rings. The Bertz CT molecular complexity index is 1000. The van der Waals surface area contributed by atoms with Gasteiger partial charge >= 0.3 is 65.4 Å². The maximum Gasteiger partial charge on any atom is 0.453 e. The van der Waals surface area contributed by atoms with Gasteiger partial charge in [-0.15, -0.1) is 0 Å². The van der Waals surface area contributed by atoms with E-state index in [0.717, 1.165) is 0 Å². The van der Waals surface area contributed by atoms with Crippen LogP contribution < -0.4 is 0 Å². The van der Waals surface area contributed by atoms with Crippen molar-refractivity contribution in [2.75, 3.05) is 0 Å². The normalized spacial score (nSPS) is 16.1. The van der Waals surface area contributed by atoms with Crippen LogP contribution in [0.4, 0.5) is 92.2 Å². The lowest BCUT2D eigenvalue weighted by Gasteiger charge is -2.44. The van der Waals surface area contributed by atoms with Crippen LogP contribution in [0.3, 0.4) is 0 Å². The van der Waals surface area contributed by atoms with Crippen LogP contribution in [0.1, 0.15) is 71.1 Å². The first-order valence-electron chi connectivity index (χ1n) is 12.8. The molecule has 1 N–H and O–H groups in total. The smallest absolute Gasteiger partial charge is 0.453 e. The Morgan fingerprint density at radius 2 is 0.848 bits per heavy atom. The first-order valence-corrected chi connectivity index (χ1v) is 12.8. The standard InChI is InChI=1S/C23H25F21O2/c1-2-14(24,25)17(30,31)19(34,35)21(38,39)22(40,41)20(36,37)18(32,33)16(28,29)12(11-13(45)46)9-7-5-3-4-6-8-10-15(26,27)23(42,43)44/h12H,2-11H2,1H3,(H,45,46). The number of hydrogen-bond acceptors (Lipinski definition) is 1. The van der Waals surface area contributed by atoms with Crippen LogP contribution in [0, 0.1) is 5.92 Å². The summed E-state index contributed by atoms with van der Waals surface area (Å²) in [4.78, 5) is 10.9. The van der Waals surface area contributed by atoms with E-state index in [2.05, 4.69) is 0 Å². The molecule has 0 aliphatic heterocycles. The summed E-state index contributed by atoms with van der Waals surface area (Å²) in [6, 6.07) is 0. The largest absolute Gasteiger partial charge is 0.481 e. The van der Waals surface area contributed by atoms with Crippen LogP contribution >= 0.6 is 0 Å². The second-order valence-corrected chi connectivity index (χ2v) is 10.3. The second kappa shape index (κ2) is 13.9. The summed E-state index contributed by atoms with van der Waals surface area (Å²) in [5, 5.41) is 8.69. The Morgan fingerprint density at radius 3 is 1.22 bits per heavy atom. The van der Waals surface area contributed by atoms with Crippen LogP contribution in [-0.2, 0) is 4.79 Å². The number of rotatable bonds is 20. The van der Waals surface area contributed by atoms with Gasteiger partial charge < -0.3 is 5.11 Å². The quantitative estimate of drug-likeness (QED) is 0.1000. The Labute approximate surface area is 245 Å². The van der Waals surface area contributed by atoms with Crippen molar-refractivity contribution in [1.29, 1.82) is 0 Å². The fourth-order valence-corrected chi connectivity index (χ4v) is 3.91. The zero-order valence-electron chi connectivity index (χ0n) is 22.9. The van der Waals surface area contributed by atoms with Gasteiger partial charge in [0.15, 0.2) is 0 Å². The average molecular weight is 732 g/mol. The van der Waals surface area contributed by atoms with Gasteiger partial charge in [0.05, 0.1) is 6.42 Å². The van der Waals surface area contributed by atoms with E-state index in [9.17, 15) is 97.0 Å². The Morgan fingerprint density at radius 1 is 0.500 bits per heavy atom. The molecular formula is C23H25F21O2. The van der Waals surface area contributed by atoms with Crippen molar-refractivity contribution in [3.63, 3.8) is 0 Å². The molecule has 23 heteroatoms. The molecule has 2 nitrogen and oxygen atoms in total. The number of hydrogen-bond donors (Lipinski definition) is 1. The molecule has 0 rings (SSSR count). The van der Waals surface area contributed by atoms with Gasteiger partial charge in [-0.05, 0) is 12.8 Å². The summed E-state index contributed by atoms with van der Waals surface area (Å²) in [7, 11) is 0. The highest BCUT2D eigenvalue weighted by molar-refractivity contribution is 5.67. The maximum absolute atomic E-state index is 14.6. The van der Waals surface area contributed by atoms with Crippen molar-refractivity contribution < 1.29 is 102 Å². The first-order chi connectivity index (χ1) is 20.1. The fraction of sp³-hybridized carbons (Fsp3) is 0.957. The molecule has 0 spiro atoms. The molecule has 1 unspecified atom stereocenters. The Balaban J connectivity index is 6.06. The molecule has 1 atom stereocenters. The van der Waals surface area contributed by atoms with Gasteiger partial charge in [0.1, 0.15) is 0 Å². The predicted octanol–water partition coefficient (Wildman–Crippen LogP) is 10.9. The number of carbonyl (C=O) groups is 1. The molecule has 276 valence electrons. The minimum Gasteiger partial charge on any atom is -0.481 e. The molecule has 0 saturated carbocycles. The molecule has 0 saturated heterocycles. The number of carboxylic acid groups (broad SMARTS) is 1. The third-order valence-corrected chi connectivity index (χ3v) is 6.94. The highest BCUT2D eigenvalue weighted by atomic mass is 19.4. The second-order valence-electron chi connectivity index (χ2n) is 10.3. The number of unbranched alkanes of at least 4 members (excludes halogenated alkanes) is 5. The SMILES string of the molecule is CCC(F)(F)C(F)(F)C(F)(F)C(F)(F)C(F)(F)C(F)(F)C(F)(F)C(F)(F)C(CCCCCCCCC(F)(F)C(F)(F)F)CC(=O)O. The van der Waals surface area contributed by atoms with E-state index >= 15 is 0 Å². The molecule has 0 aliphatic carbocycles. The molecule has 0 aliphatic rings. The van der Waals surface area contributed by atoms with Gasteiger partial charge in [-0.1, -0.05) is 39.0 Å². The molecule has 0 heterocycles. The van der Waals surface area contributed by atoms with Crippen molar-refractivity contribution in [1.82, 2.24) is 0 Å². The molecule has 0 radical (unpaired) electrons. The maximum atomic E-state index is 14.6. The lowest BCUT2D eigenvalue weighted by Crippen LogP contribution is -2.75. The van der Waals surface area contributed by atoms with Crippen molar-refractivity contribution in [3.05, 3.63) is 0 Å². The molecule has 0 aromatic carbocycles. The topological polar surface area (TPSA) is 37.3 Å². The molecule has 0 bridgehead atoms. The first kappa shape index (κ1) is 44.0. The predicted molar refractivity (Wildman–Crippen MR) is 114 cm³/mol. The van der Waals surface area contributed by atoms with Gasteiger partial charge in [-0.3, -0.25) is 4.79 Å². The van der Waals surface area contributed by atoms with Crippen molar-refractivity contribution in [3.8, 4) is 0 Å². The molecular weight excluding hydrogens is 707 g/mol. The van der Waals surface area contributed by atoms with Gasteiger partial charge in [0, 0.05) is 18.8 Å². The van der Waals surface area contributed by atoms with E-state index in [4.69, 9.17) is 5.11 Å². The van der Waals surface area contributed by atoms with Crippen molar-refractivity contribution in [2.45, 2.75) is 131 Å². The van der Waals surface area contributed by atoms with Crippen molar-refractivity contribution in [2.24, 2.45) is 5.92 Å². The van der Waals surface area contributed by atoms with E-state index in [1.54, 1.807) is 0 Å². The highest BCUT2D eigenvalue weighted by Gasteiger charge is 2.94. The number of halogens is 21. The summed E-state index contributed by atoms with van der Waals surface area (Å²) in [6.45, 7) is -0.0912. The average Bonchev–Trinajstić information content (AvgIpc) is 2.87. The van der Waals surface area contributed by atoms with Crippen LogP contribution in [0.25, 0.3) is 0 Å². The molecule has 0 aromatic rings. The fourth-order valence-electron chi connectivity index (χ4n) is 3.91. The van der Waals surface area contributed by atoms with E-state index in [-0.39, 0.29) is 26.2 Å². The molecule has 0 aromatic heterocycles. The van der Waals surface area contributed by atoms with Crippen LogP contribution in [0.15, 0.2) is 0 Å². The van der Waals surface area contributed by atoms with Gasteiger partial charge in [-0.25, -0.2) is 0 Å². The Hall–Kier alpha value is -2.00. The summed E-state index contributed by atoms with van der Waals surface area (Å²) in [6.07, 6.45) is -17.0. The van der Waals surface area contributed by atoms with Crippen LogP contribution in [0.5, 0.6) is 0 Å². The number of alkyl halides is 21. The minimum atomic E-state index is -8.64. The van der Waals surface area contributed by atoms with Crippen LogP contribution in [0.2, 0.25) is 0 Å². The minimum absolute atomic E-state index is 0.0912. The Kier molecular flexibility index (Phi) is 13.2. The molecule has 0 amide bonds. The number of aliphatic carboxylic acids is 1. The van der Waals surface area contributed by atoms with Gasteiger partial charge in [-0.2, -0.15) is 92.2 Å². The monoisotopic (exact) mass is 732 g/mol. The van der Waals surface area contributed by atoms with Gasteiger partial charge in [0.2, 0.25) is 0 Å². The third-order valence-electron chi connectivity index (χ3n) is 6.94. The van der Waals surface area contributed by atoms with Crippen molar-refractivity contribution >= 4 is 5.97 Å².